The highest BCUT2D eigenvalue weighted by molar-refractivity contribution is 6.10. The van der Waals surface area contributed by atoms with Crippen molar-refractivity contribution < 1.29 is 4.74 Å². The highest BCUT2D eigenvalue weighted by Gasteiger charge is 2.28. The molecule has 0 fully saturated rings. The number of nitrogens with zero attached hydrogens (tertiary/aromatic N) is 5. The highest BCUT2D eigenvalue weighted by Crippen LogP contribution is 2.40. The van der Waals surface area contributed by atoms with E-state index in [9.17, 15) is 0 Å². The summed E-state index contributed by atoms with van der Waals surface area (Å²) in [4.78, 5) is 9.80. The molecule has 0 atom stereocenters. The SMILES string of the molecule is Cc1cc(C)c(-c2nnc3c4cc(C(C)(C)c5cccc(Oc6ccc(C(C)C)cn6)c5)c(C)nc4c4ccccc4n23)c(C)c1. The van der Waals surface area contributed by atoms with Crippen LogP contribution in [0.2, 0.25) is 0 Å². The zero-order chi connectivity index (χ0) is 32.3. The number of ether oxygens (including phenoxy) is 1. The van der Waals surface area contributed by atoms with Gasteiger partial charge in [0.25, 0.3) is 0 Å². The number of benzene rings is 3. The minimum absolute atomic E-state index is 0.380. The predicted octanol–water partition coefficient (Wildman–Crippen LogP) is 9.97. The first-order valence-corrected chi connectivity index (χ1v) is 15.9. The van der Waals surface area contributed by atoms with E-state index >= 15 is 0 Å². The van der Waals surface area contributed by atoms with Gasteiger partial charge in [-0.05, 0) is 85.7 Å². The monoisotopic (exact) mass is 605 g/mol. The maximum atomic E-state index is 6.21. The summed E-state index contributed by atoms with van der Waals surface area (Å²) in [6, 6.07) is 27.4. The Bertz CT molecular complexity index is 2260. The molecule has 0 spiro atoms. The maximum absolute atomic E-state index is 6.21. The van der Waals surface area contributed by atoms with Crippen molar-refractivity contribution in [3.63, 3.8) is 0 Å². The lowest BCUT2D eigenvalue weighted by atomic mass is 9.77. The molecular weight excluding hydrogens is 566 g/mol. The topological polar surface area (TPSA) is 65.2 Å². The van der Waals surface area contributed by atoms with Gasteiger partial charge in [0.15, 0.2) is 11.5 Å². The minimum atomic E-state index is -0.380. The fraction of sp³-hybridized carbons (Fsp3) is 0.250. The van der Waals surface area contributed by atoms with Gasteiger partial charge in [-0.1, -0.05) is 81.8 Å². The van der Waals surface area contributed by atoms with Crippen LogP contribution < -0.4 is 4.74 Å². The highest BCUT2D eigenvalue weighted by atomic mass is 16.5. The molecule has 0 unspecified atom stereocenters. The van der Waals surface area contributed by atoms with Gasteiger partial charge >= 0.3 is 0 Å². The second-order valence-corrected chi connectivity index (χ2v) is 13.3. The Hall–Kier alpha value is -5.10. The third-order valence-corrected chi connectivity index (χ3v) is 9.30. The largest absolute Gasteiger partial charge is 0.439 e. The van der Waals surface area contributed by atoms with Gasteiger partial charge in [-0.2, -0.15) is 0 Å². The summed E-state index contributed by atoms with van der Waals surface area (Å²) in [5.41, 5.74) is 11.6. The molecule has 0 bridgehead atoms. The summed E-state index contributed by atoms with van der Waals surface area (Å²) in [7, 11) is 0. The molecule has 4 aromatic heterocycles. The molecule has 0 aliphatic heterocycles. The van der Waals surface area contributed by atoms with Gasteiger partial charge in [-0.15, -0.1) is 10.2 Å². The first-order valence-electron chi connectivity index (χ1n) is 15.9. The van der Waals surface area contributed by atoms with Gasteiger partial charge in [0.2, 0.25) is 5.88 Å². The Kier molecular flexibility index (Phi) is 7.11. The van der Waals surface area contributed by atoms with Gasteiger partial charge in [-0.3, -0.25) is 9.38 Å². The minimum Gasteiger partial charge on any atom is -0.439 e. The van der Waals surface area contributed by atoms with E-state index in [1.807, 2.05) is 24.4 Å². The average molecular weight is 606 g/mol. The summed E-state index contributed by atoms with van der Waals surface area (Å²) < 4.78 is 8.42. The molecule has 4 heterocycles. The lowest BCUT2D eigenvalue weighted by molar-refractivity contribution is 0.460. The quantitative estimate of drug-likeness (QED) is 0.177. The molecule has 0 aliphatic carbocycles. The van der Waals surface area contributed by atoms with Crippen LogP contribution in [0, 0.1) is 27.7 Å². The van der Waals surface area contributed by atoms with Crippen molar-refractivity contribution in [3.05, 3.63) is 124 Å². The van der Waals surface area contributed by atoms with E-state index in [1.54, 1.807) is 0 Å². The molecule has 0 radical (unpaired) electrons. The molecular formula is C40H39N5O. The molecule has 0 aliphatic rings. The second kappa shape index (κ2) is 11.1. The van der Waals surface area contributed by atoms with Crippen LogP contribution in [0.5, 0.6) is 11.6 Å². The maximum Gasteiger partial charge on any atom is 0.219 e. The van der Waals surface area contributed by atoms with E-state index in [1.165, 1.54) is 22.3 Å². The molecule has 6 nitrogen and oxygen atoms in total. The van der Waals surface area contributed by atoms with Crippen molar-refractivity contribution in [2.24, 2.45) is 0 Å². The van der Waals surface area contributed by atoms with E-state index in [0.29, 0.717) is 11.8 Å². The Morgan fingerprint density at radius 3 is 2.26 bits per heavy atom. The third kappa shape index (κ3) is 4.89. The molecule has 0 N–H and O–H groups in total. The number of aromatic nitrogens is 5. The third-order valence-electron chi connectivity index (χ3n) is 9.30. The van der Waals surface area contributed by atoms with Crippen LogP contribution in [-0.4, -0.2) is 24.6 Å². The molecule has 7 rings (SSSR count). The Balaban J connectivity index is 1.38. The van der Waals surface area contributed by atoms with Crippen molar-refractivity contribution in [1.29, 1.82) is 0 Å². The average Bonchev–Trinajstić information content (AvgIpc) is 3.46. The van der Waals surface area contributed by atoms with E-state index in [-0.39, 0.29) is 5.41 Å². The van der Waals surface area contributed by atoms with Crippen LogP contribution in [0.1, 0.15) is 72.7 Å². The molecule has 46 heavy (non-hydrogen) atoms. The zero-order valence-corrected chi connectivity index (χ0v) is 27.8. The molecule has 7 aromatic rings. The predicted molar refractivity (Wildman–Crippen MR) is 187 cm³/mol. The summed E-state index contributed by atoms with van der Waals surface area (Å²) in [6.45, 7) is 17.3. The molecule has 3 aromatic carbocycles. The van der Waals surface area contributed by atoms with Crippen LogP contribution in [0.25, 0.3) is 38.8 Å². The molecule has 230 valence electrons. The molecule has 6 heteroatoms. The summed E-state index contributed by atoms with van der Waals surface area (Å²) >= 11 is 0. The summed E-state index contributed by atoms with van der Waals surface area (Å²) in [5, 5.41) is 11.7. The number of pyridine rings is 3. The Morgan fingerprint density at radius 1 is 0.783 bits per heavy atom. The van der Waals surface area contributed by atoms with Crippen molar-refractivity contribution in [2.75, 3.05) is 0 Å². The summed E-state index contributed by atoms with van der Waals surface area (Å²) in [5.74, 6) is 2.60. The normalized spacial score (nSPS) is 12.1. The Morgan fingerprint density at radius 2 is 1.54 bits per heavy atom. The van der Waals surface area contributed by atoms with Gasteiger partial charge in [-0.25, -0.2) is 4.98 Å². The number of para-hydroxylation sites is 1. The van der Waals surface area contributed by atoms with Gasteiger partial charge in [0.1, 0.15) is 5.75 Å². The first kappa shape index (κ1) is 29.6. The van der Waals surface area contributed by atoms with Crippen LogP contribution in [0.15, 0.2) is 85.1 Å². The number of rotatable bonds is 6. The van der Waals surface area contributed by atoms with Crippen LogP contribution in [-0.2, 0) is 5.41 Å². The number of hydrogen-bond donors (Lipinski definition) is 0. The lowest BCUT2D eigenvalue weighted by Gasteiger charge is -2.28. The van der Waals surface area contributed by atoms with Crippen LogP contribution in [0.3, 0.4) is 0 Å². The second-order valence-electron chi connectivity index (χ2n) is 13.3. The number of fused-ring (bicyclic) bond motifs is 6. The summed E-state index contributed by atoms with van der Waals surface area (Å²) in [6.07, 6.45) is 1.89. The van der Waals surface area contributed by atoms with Crippen molar-refractivity contribution in [3.8, 4) is 23.0 Å². The van der Waals surface area contributed by atoms with Crippen molar-refractivity contribution in [2.45, 2.75) is 66.7 Å². The van der Waals surface area contributed by atoms with Crippen molar-refractivity contribution >= 4 is 27.5 Å². The van der Waals surface area contributed by atoms with Crippen molar-refractivity contribution in [1.82, 2.24) is 24.6 Å². The molecule has 0 saturated heterocycles. The van der Waals surface area contributed by atoms with Crippen LogP contribution in [0.4, 0.5) is 0 Å². The number of hydrogen-bond acceptors (Lipinski definition) is 5. The van der Waals surface area contributed by atoms with E-state index < -0.39 is 0 Å². The van der Waals surface area contributed by atoms with Gasteiger partial charge in [0.05, 0.1) is 11.0 Å². The smallest absolute Gasteiger partial charge is 0.219 e. The van der Waals surface area contributed by atoms with E-state index in [0.717, 1.165) is 61.4 Å². The van der Waals surface area contributed by atoms with Gasteiger partial charge in [0, 0.05) is 39.7 Å². The van der Waals surface area contributed by atoms with E-state index in [4.69, 9.17) is 19.9 Å². The van der Waals surface area contributed by atoms with E-state index in [2.05, 4.69) is 125 Å². The lowest BCUT2D eigenvalue weighted by Crippen LogP contribution is -2.21. The molecule has 0 saturated carbocycles. The van der Waals surface area contributed by atoms with Gasteiger partial charge < -0.3 is 4.74 Å². The standard InChI is InChI=1S/C40H39N5O/c1-23(2)28-16-17-35(41-22-28)46-30-13-11-12-29(20-30)40(7,8)33-21-32-37(42-27(33)6)31-14-9-10-15-34(31)45-38(32)43-44-39(45)36-25(4)18-24(3)19-26(36)5/h9-23H,1-8H3. The fourth-order valence-electron chi connectivity index (χ4n) is 6.88. The first-order chi connectivity index (χ1) is 22.0. The number of aryl methyl sites for hydroxylation is 4. The van der Waals surface area contributed by atoms with Crippen LogP contribution >= 0.6 is 0 Å². The molecule has 0 amide bonds. The fourth-order valence-corrected chi connectivity index (χ4v) is 6.88. The zero-order valence-electron chi connectivity index (χ0n) is 27.8. The Labute approximate surface area is 270 Å².